The average Bonchev–Trinajstić information content (AvgIpc) is 1.97. The van der Waals surface area contributed by atoms with Crippen molar-refractivity contribution in [1.82, 2.24) is 4.90 Å². The van der Waals surface area contributed by atoms with Gasteiger partial charge in [-0.05, 0) is 25.3 Å². The minimum Gasteiger partial charge on any atom is -0.481 e. The molecule has 0 amide bonds. The summed E-state index contributed by atoms with van der Waals surface area (Å²) in [6.07, 6.45) is 1.82. The Morgan fingerprint density at radius 3 is 2.15 bits per heavy atom. The molecular formula is C10H19NO2. The van der Waals surface area contributed by atoms with Crippen molar-refractivity contribution in [3.05, 3.63) is 0 Å². The van der Waals surface area contributed by atoms with E-state index in [4.69, 9.17) is 5.11 Å². The van der Waals surface area contributed by atoms with Crippen molar-refractivity contribution in [2.75, 3.05) is 20.1 Å². The lowest BCUT2D eigenvalue weighted by molar-refractivity contribution is -0.159. The van der Waals surface area contributed by atoms with E-state index in [0.717, 1.165) is 25.9 Å². The molecule has 0 unspecified atom stereocenters. The molecule has 1 saturated carbocycles. The van der Waals surface area contributed by atoms with Gasteiger partial charge in [0.2, 0.25) is 0 Å². The van der Waals surface area contributed by atoms with Crippen molar-refractivity contribution in [2.45, 2.75) is 26.7 Å². The van der Waals surface area contributed by atoms with E-state index < -0.39 is 5.97 Å². The number of likely N-dealkylation sites (tertiary alicyclic amines) is 1. The van der Waals surface area contributed by atoms with E-state index in [9.17, 15) is 4.79 Å². The fourth-order valence-corrected chi connectivity index (χ4v) is 2.52. The summed E-state index contributed by atoms with van der Waals surface area (Å²) in [5, 5.41) is 8.64. The number of carboxylic acid groups (broad SMARTS) is 1. The van der Waals surface area contributed by atoms with Gasteiger partial charge in [-0.25, -0.2) is 0 Å². The summed E-state index contributed by atoms with van der Waals surface area (Å²) in [5.74, 6) is -0.645. The second kappa shape index (κ2) is 3.66. The van der Waals surface area contributed by atoms with Crippen molar-refractivity contribution in [2.24, 2.45) is 11.3 Å². The summed E-state index contributed by atoms with van der Waals surface area (Å²) < 4.78 is 0. The van der Waals surface area contributed by atoms with Crippen LogP contribution in [0.3, 0.4) is 0 Å². The molecule has 13 heavy (non-hydrogen) atoms. The van der Waals surface area contributed by atoms with E-state index in [2.05, 4.69) is 11.9 Å². The number of rotatable bonds is 1. The predicted octanol–water partition coefficient (Wildman–Crippen LogP) is 1.44. The van der Waals surface area contributed by atoms with Crippen molar-refractivity contribution in [3.63, 3.8) is 0 Å². The molecule has 0 radical (unpaired) electrons. The Bertz CT molecular complexity index is 189. The fraction of sp³-hybridized carbons (Fsp3) is 0.900. The third kappa shape index (κ3) is 1.85. The number of carbonyl (C=O) groups is 1. The van der Waals surface area contributed by atoms with Crippen LogP contribution in [0.4, 0.5) is 0 Å². The molecule has 1 spiro atoms. The summed E-state index contributed by atoms with van der Waals surface area (Å²) in [7, 11) is 2.08. The van der Waals surface area contributed by atoms with Crippen LogP contribution in [0.25, 0.3) is 0 Å². The van der Waals surface area contributed by atoms with Crippen LogP contribution < -0.4 is 0 Å². The molecule has 76 valence electrons. The van der Waals surface area contributed by atoms with Gasteiger partial charge in [0.1, 0.15) is 0 Å². The monoisotopic (exact) mass is 185 g/mol. The maximum atomic E-state index is 10.5. The predicted molar refractivity (Wildman–Crippen MR) is 51.6 cm³/mol. The highest BCUT2D eigenvalue weighted by Gasteiger charge is 2.53. The van der Waals surface area contributed by atoms with Gasteiger partial charge in [-0.3, -0.25) is 4.79 Å². The Kier molecular flexibility index (Phi) is 2.96. The topological polar surface area (TPSA) is 40.5 Å². The van der Waals surface area contributed by atoms with Gasteiger partial charge >= 0.3 is 5.97 Å². The highest BCUT2D eigenvalue weighted by molar-refractivity contribution is 5.71. The first-order valence-electron chi connectivity index (χ1n) is 5.03. The molecule has 1 heterocycles. The highest BCUT2D eigenvalue weighted by Crippen LogP contribution is 2.51. The molecule has 3 heteroatoms. The molecule has 0 aromatic carbocycles. The average molecular weight is 185 g/mol. The summed E-state index contributed by atoms with van der Waals surface area (Å²) in [6, 6.07) is 0. The molecule has 2 rings (SSSR count). The molecule has 2 fully saturated rings. The molecular weight excluding hydrogens is 166 g/mol. The maximum absolute atomic E-state index is 10.5. The van der Waals surface area contributed by atoms with E-state index >= 15 is 0 Å². The van der Waals surface area contributed by atoms with E-state index in [1.54, 1.807) is 0 Å². The smallest absolute Gasteiger partial charge is 0.306 e. The third-order valence-corrected chi connectivity index (χ3v) is 2.92. The normalized spacial score (nSPS) is 25.5. The van der Waals surface area contributed by atoms with Crippen LogP contribution in [0, 0.1) is 11.3 Å². The lowest BCUT2D eigenvalue weighted by Gasteiger charge is -2.57. The summed E-state index contributed by atoms with van der Waals surface area (Å²) in [5.41, 5.74) is 0.414. The first kappa shape index (κ1) is 10.5. The van der Waals surface area contributed by atoms with Crippen LogP contribution in [0.5, 0.6) is 0 Å². The second-order valence-electron chi connectivity index (χ2n) is 4.12. The van der Waals surface area contributed by atoms with Gasteiger partial charge in [-0.1, -0.05) is 13.8 Å². The van der Waals surface area contributed by atoms with Crippen molar-refractivity contribution in [1.29, 1.82) is 0 Å². The summed E-state index contributed by atoms with van der Waals surface area (Å²) >= 11 is 0. The zero-order chi connectivity index (χ0) is 10.1. The molecule has 1 aliphatic carbocycles. The van der Waals surface area contributed by atoms with Crippen LogP contribution in [0.15, 0.2) is 0 Å². The molecule has 1 saturated heterocycles. The molecule has 1 N–H and O–H groups in total. The minimum absolute atomic E-state index is 0.0382. The van der Waals surface area contributed by atoms with Gasteiger partial charge in [0.25, 0.3) is 0 Å². The lowest BCUT2D eigenvalue weighted by Crippen LogP contribution is -2.61. The van der Waals surface area contributed by atoms with E-state index in [-0.39, 0.29) is 5.92 Å². The van der Waals surface area contributed by atoms with Crippen molar-refractivity contribution >= 4 is 5.97 Å². The van der Waals surface area contributed by atoms with Gasteiger partial charge in [0, 0.05) is 13.1 Å². The largest absolute Gasteiger partial charge is 0.481 e. The number of aliphatic carboxylic acids is 1. The van der Waals surface area contributed by atoms with Crippen LogP contribution in [-0.2, 0) is 4.79 Å². The molecule has 0 aromatic rings. The van der Waals surface area contributed by atoms with Crippen molar-refractivity contribution < 1.29 is 9.90 Å². The molecule has 3 nitrogen and oxygen atoms in total. The van der Waals surface area contributed by atoms with Crippen LogP contribution in [0.1, 0.15) is 26.7 Å². The quantitative estimate of drug-likeness (QED) is 0.672. The number of carboxylic acids is 1. The van der Waals surface area contributed by atoms with E-state index in [1.807, 2.05) is 13.8 Å². The summed E-state index contributed by atoms with van der Waals surface area (Å²) in [4.78, 5) is 12.7. The molecule has 0 aromatic heterocycles. The van der Waals surface area contributed by atoms with Gasteiger partial charge < -0.3 is 10.0 Å². The minimum atomic E-state index is -0.606. The second-order valence-corrected chi connectivity index (χ2v) is 4.12. The Labute approximate surface area is 79.7 Å². The van der Waals surface area contributed by atoms with Gasteiger partial charge in [-0.2, -0.15) is 0 Å². The van der Waals surface area contributed by atoms with Gasteiger partial charge in [0.15, 0.2) is 0 Å². The first-order chi connectivity index (χ1) is 6.11. The van der Waals surface area contributed by atoms with Crippen LogP contribution in [0.2, 0.25) is 0 Å². The van der Waals surface area contributed by atoms with Gasteiger partial charge in [-0.15, -0.1) is 0 Å². The standard InChI is InChI=1S/C8H13NO2.C2H6/c1-9-4-8(5-9)2-6(3-8)7(10)11;1-2/h6H,2-5H2,1H3,(H,10,11);1-2H3. The van der Waals surface area contributed by atoms with Crippen molar-refractivity contribution in [3.8, 4) is 0 Å². The Morgan fingerprint density at radius 2 is 1.85 bits per heavy atom. The fourth-order valence-electron chi connectivity index (χ4n) is 2.52. The molecule has 0 atom stereocenters. The first-order valence-corrected chi connectivity index (χ1v) is 5.03. The molecule has 1 aliphatic heterocycles. The highest BCUT2D eigenvalue weighted by atomic mass is 16.4. The number of nitrogens with zero attached hydrogens (tertiary/aromatic N) is 1. The van der Waals surface area contributed by atoms with Crippen LogP contribution >= 0.6 is 0 Å². The molecule has 2 aliphatic rings. The lowest BCUT2D eigenvalue weighted by atomic mass is 9.58. The summed E-state index contributed by atoms with van der Waals surface area (Å²) in [6.45, 7) is 6.22. The number of hydrogen-bond donors (Lipinski definition) is 1. The zero-order valence-electron chi connectivity index (χ0n) is 8.71. The third-order valence-electron chi connectivity index (χ3n) is 2.92. The Hall–Kier alpha value is -0.570. The van der Waals surface area contributed by atoms with E-state index in [1.165, 1.54) is 0 Å². The molecule has 0 bridgehead atoms. The SMILES string of the molecule is CC.CN1CC2(CC(C(=O)O)C2)C1. The Morgan fingerprint density at radius 1 is 1.38 bits per heavy atom. The van der Waals surface area contributed by atoms with Gasteiger partial charge in [0.05, 0.1) is 5.92 Å². The Balaban J connectivity index is 0.000000396. The maximum Gasteiger partial charge on any atom is 0.306 e. The van der Waals surface area contributed by atoms with E-state index in [0.29, 0.717) is 5.41 Å². The van der Waals surface area contributed by atoms with Crippen LogP contribution in [-0.4, -0.2) is 36.1 Å². The number of hydrogen-bond acceptors (Lipinski definition) is 2. The zero-order valence-corrected chi connectivity index (χ0v) is 8.71.